The second-order valence-electron chi connectivity index (χ2n) is 3.68. The fourth-order valence-electron chi connectivity index (χ4n) is 1.39. The average Bonchev–Trinajstić information content (AvgIpc) is 2.34. The van der Waals surface area contributed by atoms with Crippen LogP contribution in [0.25, 0.3) is 0 Å². The van der Waals surface area contributed by atoms with Crippen molar-refractivity contribution in [1.82, 2.24) is 5.32 Å². The molecule has 1 amide bonds. The van der Waals surface area contributed by atoms with E-state index in [4.69, 9.17) is 9.47 Å². The molecule has 0 aliphatic rings. The van der Waals surface area contributed by atoms with E-state index in [0.717, 1.165) is 12.1 Å². The molecule has 1 unspecified atom stereocenters. The summed E-state index contributed by atoms with van der Waals surface area (Å²) in [6.07, 6.45) is -0.276. The monoisotopic (exact) mass is 257 g/mol. The largest absolute Gasteiger partial charge is 0.507 e. The van der Waals surface area contributed by atoms with Crippen molar-refractivity contribution < 1.29 is 23.8 Å². The zero-order valence-corrected chi connectivity index (χ0v) is 10.3. The normalized spacial score (nSPS) is 12.2. The maximum atomic E-state index is 12.8. The first-order valence-electron chi connectivity index (χ1n) is 5.37. The van der Waals surface area contributed by atoms with E-state index in [1.165, 1.54) is 20.3 Å². The summed E-state index contributed by atoms with van der Waals surface area (Å²) in [7, 11) is 3.03. The third-order valence-corrected chi connectivity index (χ3v) is 2.38. The number of carbonyl (C=O) groups is 1. The van der Waals surface area contributed by atoms with E-state index < -0.39 is 17.5 Å². The molecule has 0 saturated heterocycles. The lowest BCUT2D eigenvalue weighted by Gasteiger charge is -2.15. The number of nitrogens with one attached hydrogen (secondary N) is 1. The van der Waals surface area contributed by atoms with Crippen LogP contribution < -0.4 is 5.32 Å². The zero-order valence-electron chi connectivity index (χ0n) is 10.3. The van der Waals surface area contributed by atoms with Gasteiger partial charge in [0.1, 0.15) is 11.6 Å². The van der Waals surface area contributed by atoms with Gasteiger partial charge in [0, 0.05) is 26.8 Å². The van der Waals surface area contributed by atoms with Gasteiger partial charge in [0.15, 0.2) is 0 Å². The Morgan fingerprint density at radius 3 is 2.78 bits per heavy atom. The number of benzene rings is 1. The smallest absolute Gasteiger partial charge is 0.255 e. The maximum absolute atomic E-state index is 12.8. The summed E-state index contributed by atoms with van der Waals surface area (Å²) in [6.45, 7) is 0.576. The Morgan fingerprint density at radius 1 is 1.50 bits per heavy atom. The fourth-order valence-corrected chi connectivity index (χ4v) is 1.39. The van der Waals surface area contributed by atoms with Gasteiger partial charge in [-0.25, -0.2) is 4.39 Å². The topological polar surface area (TPSA) is 67.8 Å². The molecule has 100 valence electrons. The number of methoxy groups -OCH3 is 2. The molecule has 0 aromatic heterocycles. The first-order chi connectivity index (χ1) is 8.58. The lowest BCUT2D eigenvalue weighted by Crippen LogP contribution is -2.35. The Hall–Kier alpha value is -1.66. The van der Waals surface area contributed by atoms with E-state index in [1.54, 1.807) is 0 Å². The molecule has 1 aromatic carbocycles. The third kappa shape index (κ3) is 3.97. The van der Waals surface area contributed by atoms with Gasteiger partial charge < -0.3 is 19.9 Å². The van der Waals surface area contributed by atoms with Crippen LogP contribution in [0.1, 0.15) is 10.4 Å². The molecule has 1 aromatic rings. The predicted octanol–water partition coefficient (Wildman–Crippen LogP) is 0.922. The molecule has 0 aliphatic carbocycles. The summed E-state index contributed by atoms with van der Waals surface area (Å²) < 4.78 is 22.7. The van der Waals surface area contributed by atoms with Crippen molar-refractivity contribution in [2.24, 2.45) is 0 Å². The van der Waals surface area contributed by atoms with Crippen LogP contribution in [0.5, 0.6) is 5.75 Å². The Labute approximate surface area is 105 Å². The van der Waals surface area contributed by atoms with Crippen LogP contribution in [0.4, 0.5) is 4.39 Å². The third-order valence-electron chi connectivity index (χ3n) is 2.38. The molecule has 6 heteroatoms. The van der Waals surface area contributed by atoms with Gasteiger partial charge in [0.05, 0.1) is 18.3 Å². The number of hydrogen-bond donors (Lipinski definition) is 2. The summed E-state index contributed by atoms with van der Waals surface area (Å²) in [5.41, 5.74) is 0.0173. The van der Waals surface area contributed by atoms with Gasteiger partial charge in [-0.05, 0) is 12.1 Å². The highest BCUT2D eigenvalue weighted by Gasteiger charge is 2.14. The number of amides is 1. The summed E-state index contributed by atoms with van der Waals surface area (Å²) in [5, 5.41) is 12.0. The highest BCUT2D eigenvalue weighted by molar-refractivity contribution is 5.96. The number of phenols is 1. The molecule has 18 heavy (non-hydrogen) atoms. The molecule has 0 fully saturated rings. The van der Waals surface area contributed by atoms with Gasteiger partial charge in [-0.1, -0.05) is 0 Å². The van der Waals surface area contributed by atoms with E-state index in [1.807, 2.05) is 0 Å². The molecule has 0 heterocycles. The van der Waals surface area contributed by atoms with Crippen molar-refractivity contribution in [2.75, 3.05) is 27.4 Å². The molecule has 5 nitrogen and oxygen atoms in total. The minimum absolute atomic E-state index is 0.0173. The Bertz CT molecular complexity index is 411. The van der Waals surface area contributed by atoms with Gasteiger partial charge in [-0.2, -0.15) is 0 Å². The van der Waals surface area contributed by atoms with E-state index >= 15 is 0 Å². The molecule has 0 radical (unpaired) electrons. The summed E-state index contributed by atoms with van der Waals surface area (Å²) in [4.78, 5) is 11.7. The van der Waals surface area contributed by atoms with Crippen molar-refractivity contribution in [3.05, 3.63) is 29.6 Å². The molecule has 1 atom stereocenters. The minimum Gasteiger partial charge on any atom is -0.507 e. The quantitative estimate of drug-likeness (QED) is 0.795. The summed E-state index contributed by atoms with van der Waals surface area (Å²) in [6, 6.07) is 3.22. The molecule has 2 N–H and O–H groups in total. The number of aromatic hydroxyl groups is 1. The first-order valence-corrected chi connectivity index (χ1v) is 5.37. The van der Waals surface area contributed by atoms with Crippen molar-refractivity contribution in [2.45, 2.75) is 6.10 Å². The Kier molecular flexibility index (Phi) is 5.54. The number of phenolic OH excluding ortho intramolecular Hbond substituents is 1. The molecular weight excluding hydrogens is 241 g/mol. The lowest BCUT2D eigenvalue weighted by molar-refractivity contribution is 0.0285. The SMILES string of the molecule is COCC(CNC(=O)c1ccc(F)cc1O)OC. The molecule has 0 spiro atoms. The number of rotatable bonds is 6. The first kappa shape index (κ1) is 14.4. The second-order valence-corrected chi connectivity index (χ2v) is 3.68. The van der Waals surface area contributed by atoms with Crippen LogP contribution in [0.15, 0.2) is 18.2 Å². The minimum atomic E-state index is -0.599. The average molecular weight is 257 g/mol. The Balaban J connectivity index is 2.59. The van der Waals surface area contributed by atoms with Crippen LogP contribution in [0.3, 0.4) is 0 Å². The molecule has 0 saturated carbocycles. The number of halogens is 1. The number of hydrogen-bond acceptors (Lipinski definition) is 4. The van der Waals surface area contributed by atoms with E-state index in [-0.39, 0.29) is 18.2 Å². The van der Waals surface area contributed by atoms with Gasteiger partial charge >= 0.3 is 0 Å². The standard InChI is InChI=1S/C12H16FNO4/c1-17-7-9(18-2)6-14-12(16)10-4-3-8(13)5-11(10)15/h3-5,9,15H,6-7H2,1-2H3,(H,14,16). The van der Waals surface area contributed by atoms with Crippen molar-refractivity contribution in [3.63, 3.8) is 0 Å². The summed E-state index contributed by atoms with van der Waals surface area (Å²) >= 11 is 0. The molecular formula is C12H16FNO4. The number of carbonyl (C=O) groups excluding carboxylic acids is 1. The van der Waals surface area contributed by atoms with Gasteiger partial charge in [-0.3, -0.25) is 4.79 Å². The highest BCUT2D eigenvalue weighted by Crippen LogP contribution is 2.17. The Morgan fingerprint density at radius 2 is 2.22 bits per heavy atom. The summed E-state index contributed by atoms with van der Waals surface area (Å²) in [5.74, 6) is -1.49. The van der Waals surface area contributed by atoms with Crippen LogP contribution in [0.2, 0.25) is 0 Å². The van der Waals surface area contributed by atoms with Crippen LogP contribution in [0, 0.1) is 5.82 Å². The molecule has 1 rings (SSSR count). The zero-order chi connectivity index (χ0) is 13.5. The fraction of sp³-hybridized carbons (Fsp3) is 0.417. The van der Waals surface area contributed by atoms with Crippen LogP contribution in [-0.4, -0.2) is 44.5 Å². The van der Waals surface area contributed by atoms with Gasteiger partial charge in [0.2, 0.25) is 0 Å². The highest BCUT2D eigenvalue weighted by atomic mass is 19.1. The van der Waals surface area contributed by atoms with Crippen molar-refractivity contribution in [3.8, 4) is 5.75 Å². The molecule has 0 bridgehead atoms. The second kappa shape index (κ2) is 6.93. The van der Waals surface area contributed by atoms with Gasteiger partial charge in [-0.15, -0.1) is 0 Å². The van der Waals surface area contributed by atoms with Crippen molar-refractivity contribution >= 4 is 5.91 Å². The lowest BCUT2D eigenvalue weighted by atomic mass is 10.2. The van der Waals surface area contributed by atoms with Crippen LogP contribution >= 0.6 is 0 Å². The van der Waals surface area contributed by atoms with E-state index in [9.17, 15) is 14.3 Å². The molecule has 0 aliphatic heterocycles. The predicted molar refractivity (Wildman–Crippen MR) is 63.1 cm³/mol. The maximum Gasteiger partial charge on any atom is 0.255 e. The van der Waals surface area contributed by atoms with E-state index in [0.29, 0.717) is 6.61 Å². The van der Waals surface area contributed by atoms with Crippen molar-refractivity contribution in [1.29, 1.82) is 0 Å². The van der Waals surface area contributed by atoms with E-state index in [2.05, 4.69) is 5.32 Å². The van der Waals surface area contributed by atoms with Crippen LogP contribution in [-0.2, 0) is 9.47 Å². The number of ether oxygens (including phenoxy) is 2. The van der Waals surface area contributed by atoms with Gasteiger partial charge in [0.25, 0.3) is 5.91 Å².